The molecule has 33 heavy (non-hydrogen) atoms. The van der Waals surface area contributed by atoms with Gasteiger partial charge in [0.15, 0.2) is 8.32 Å². The van der Waals surface area contributed by atoms with Gasteiger partial charge in [0.25, 0.3) is 0 Å². The van der Waals surface area contributed by atoms with E-state index in [1.165, 1.54) is 13.0 Å². The number of carbonyl (C=O) groups excluding carboxylic acids is 3. The molecule has 5 atom stereocenters. The van der Waals surface area contributed by atoms with Crippen molar-refractivity contribution in [3.05, 3.63) is 23.8 Å². The van der Waals surface area contributed by atoms with Crippen LogP contribution in [0.3, 0.4) is 0 Å². The Bertz CT molecular complexity index is 761. The molecule has 0 spiro atoms. The van der Waals surface area contributed by atoms with E-state index in [0.717, 1.165) is 0 Å². The zero-order valence-corrected chi connectivity index (χ0v) is 22.6. The third-order valence-electron chi connectivity index (χ3n) is 6.65. The average molecular weight is 483 g/mol. The fraction of sp³-hybridized carbons (Fsp3) is 0.720. The van der Waals surface area contributed by atoms with Crippen molar-refractivity contribution in [2.45, 2.75) is 110 Å². The van der Waals surface area contributed by atoms with Crippen LogP contribution in [0, 0.1) is 5.92 Å². The van der Waals surface area contributed by atoms with Crippen molar-refractivity contribution in [1.29, 1.82) is 0 Å². The smallest absolute Gasteiger partial charge is 0.308 e. The summed E-state index contributed by atoms with van der Waals surface area (Å²) in [6.07, 6.45) is 4.09. The number of aldehydes is 1. The molecule has 0 radical (unpaired) electrons. The van der Waals surface area contributed by atoms with Crippen molar-refractivity contribution < 1.29 is 33.4 Å². The minimum Gasteiger partial charge on any atom is -0.457 e. The van der Waals surface area contributed by atoms with Crippen LogP contribution in [0.15, 0.2) is 23.8 Å². The number of ether oxygens (including phenoxy) is 2. The van der Waals surface area contributed by atoms with Crippen LogP contribution in [-0.2, 0) is 28.3 Å². The van der Waals surface area contributed by atoms with Crippen LogP contribution in [0.1, 0.15) is 67.7 Å². The highest BCUT2D eigenvalue weighted by molar-refractivity contribution is 6.74. The molecule has 0 aliphatic carbocycles. The normalized spacial score (nSPS) is 30.6. The van der Waals surface area contributed by atoms with E-state index in [0.29, 0.717) is 18.3 Å². The first-order valence-corrected chi connectivity index (χ1v) is 14.5. The Morgan fingerprint density at radius 2 is 1.88 bits per heavy atom. The Morgan fingerprint density at radius 3 is 2.39 bits per heavy atom. The lowest BCUT2D eigenvalue weighted by Crippen LogP contribution is -2.46. The van der Waals surface area contributed by atoms with Crippen LogP contribution in [0.4, 0.5) is 0 Å². The number of cyclic esters (lactones) is 1. The predicted molar refractivity (Wildman–Crippen MR) is 130 cm³/mol. The van der Waals surface area contributed by atoms with E-state index in [1.54, 1.807) is 26.0 Å². The summed E-state index contributed by atoms with van der Waals surface area (Å²) >= 11 is 0. The van der Waals surface area contributed by atoms with Gasteiger partial charge >= 0.3 is 11.9 Å². The molecule has 1 N–H and O–H groups in total. The molecule has 0 saturated heterocycles. The minimum atomic E-state index is -2.21. The predicted octanol–water partition coefficient (Wildman–Crippen LogP) is 4.49. The molecule has 0 fully saturated rings. The molecule has 7 nitrogen and oxygen atoms in total. The highest BCUT2D eigenvalue weighted by atomic mass is 28.4. The number of hydrogen-bond acceptors (Lipinski definition) is 7. The molecule has 8 heteroatoms. The second kappa shape index (κ2) is 11.6. The fourth-order valence-electron chi connectivity index (χ4n) is 3.51. The number of rotatable bonds is 5. The highest BCUT2D eigenvalue weighted by Crippen LogP contribution is 2.39. The van der Waals surface area contributed by atoms with Crippen LogP contribution < -0.4 is 0 Å². The molecule has 1 heterocycles. The van der Waals surface area contributed by atoms with Crippen molar-refractivity contribution in [1.82, 2.24) is 0 Å². The van der Waals surface area contributed by atoms with E-state index in [2.05, 4.69) is 33.9 Å². The van der Waals surface area contributed by atoms with Gasteiger partial charge < -0.3 is 19.0 Å². The number of allylic oxidation sites excluding steroid dienone is 1. The maximum atomic E-state index is 12.9. The van der Waals surface area contributed by atoms with Crippen LogP contribution >= 0.6 is 0 Å². The molecule has 0 unspecified atom stereocenters. The van der Waals surface area contributed by atoms with E-state index in [1.807, 2.05) is 6.92 Å². The monoisotopic (exact) mass is 482 g/mol. The van der Waals surface area contributed by atoms with Crippen molar-refractivity contribution in [2.24, 2.45) is 5.92 Å². The van der Waals surface area contributed by atoms with Gasteiger partial charge in [-0.3, -0.25) is 14.4 Å². The summed E-state index contributed by atoms with van der Waals surface area (Å²) in [5.41, 5.74) is -0.756. The van der Waals surface area contributed by atoms with E-state index >= 15 is 0 Å². The second-order valence-electron chi connectivity index (χ2n) is 10.8. The van der Waals surface area contributed by atoms with Gasteiger partial charge in [0.2, 0.25) is 0 Å². The first-order chi connectivity index (χ1) is 15.0. The van der Waals surface area contributed by atoms with Crippen LogP contribution in [-0.4, -0.2) is 55.6 Å². The Labute approximate surface area is 199 Å². The first-order valence-electron chi connectivity index (χ1n) is 11.6. The molecule has 188 valence electrons. The zero-order valence-electron chi connectivity index (χ0n) is 21.6. The van der Waals surface area contributed by atoms with Gasteiger partial charge in [0, 0.05) is 12.8 Å². The second-order valence-corrected chi connectivity index (χ2v) is 15.6. The third kappa shape index (κ3) is 8.83. The van der Waals surface area contributed by atoms with Gasteiger partial charge in [-0.2, -0.15) is 0 Å². The van der Waals surface area contributed by atoms with Gasteiger partial charge in [0.05, 0.1) is 12.5 Å². The largest absolute Gasteiger partial charge is 0.457 e. The molecule has 0 amide bonds. The van der Waals surface area contributed by atoms with Crippen LogP contribution in [0.2, 0.25) is 18.1 Å². The number of carbonyl (C=O) groups is 3. The van der Waals surface area contributed by atoms with E-state index in [-0.39, 0.29) is 23.8 Å². The first kappa shape index (κ1) is 29.3. The summed E-state index contributed by atoms with van der Waals surface area (Å²) in [6, 6.07) is 0. The molecular formula is C25H42O7Si. The maximum absolute atomic E-state index is 12.9. The maximum Gasteiger partial charge on any atom is 0.308 e. The molecule has 0 aromatic heterocycles. The summed E-state index contributed by atoms with van der Waals surface area (Å²) in [5, 5.41) is 11.1. The SMILES string of the molecule is CC(=O)O[C@H]1C=C[C@H](C)[C@@H](C(C)=CC=O)OC(=O)C[C@H](O[Si](C)(C)C(C)(C)C)CC[C@@]1(C)O. The third-order valence-corrected chi connectivity index (χ3v) is 11.2. The van der Waals surface area contributed by atoms with Gasteiger partial charge in [0.1, 0.15) is 24.1 Å². The number of hydrogen-bond donors (Lipinski definition) is 1. The number of esters is 2. The molecule has 0 aromatic carbocycles. The lowest BCUT2D eigenvalue weighted by atomic mass is 9.89. The average Bonchev–Trinajstić information content (AvgIpc) is 2.65. The Balaban J connectivity index is 3.41. The van der Waals surface area contributed by atoms with Crippen molar-refractivity contribution in [3.8, 4) is 0 Å². The summed E-state index contributed by atoms with van der Waals surface area (Å²) in [4.78, 5) is 35.7. The molecular weight excluding hydrogens is 440 g/mol. The van der Waals surface area contributed by atoms with Crippen LogP contribution in [0.25, 0.3) is 0 Å². The van der Waals surface area contributed by atoms with Gasteiger partial charge in [-0.05, 0) is 62.5 Å². The summed E-state index contributed by atoms with van der Waals surface area (Å²) < 4.78 is 17.8. The van der Waals surface area contributed by atoms with Crippen molar-refractivity contribution in [3.63, 3.8) is 0 Å². The lowest BCUT2D eigenvalue weighted by Gasteiger charge is -2.40. The van der Waals surface area contributed by atoms with E-state index < -0.39 is 44.2 Å². The van der Waals surface area contributed by atoms with Crippen molar-refractivity contribution in [2.75, 3.05) is 0 Å². The summed E-state index contributed by atoms with van der Waals surface area (Å²) in [7, 11) is -2.21. The Morgan fingerprint density at radius 1 is 1.27 bits per heavy atom. The minimum absolute atomic E-state index is 0.0299. The van der Waals surface area contributed by atoms with E-state index in [9.17, 15) is 19.5 Å². The quantitative estimate of drug-likeness (QED) is 0.203. The Hall–Kier alpha value is -1.77. The Kier molecular flexibility index (Phi) is 10.3. The molecule has 1 aliphatic heterocycles. The van der Waals surface area contributed by atoms with Gasteiger partial charge in [-0.15, -0.1) is 0 Å². The van der Waals surface area contributed by atoms with Crippen LogP contribution in [0.5, 0.6) is 0 Å². The topological polar surface area (TPSA) is 99.1 Å². The molecule has 1 rings (SSSR count). The van der Waals surface area contributed by atoms with Crippen molar-refractivity contribution >= 4 is 26.5 Å². The number of aliphatic hydroxyl groups is 1. The molecule has 0 saturated carbocycles. The van der Waals surface area contributed by atoms with Gasteiger partial charge in [-0.1, -0.05) is 33.8 Å². The summed E-state index contributed by atoms with van der Waals surface area (Å²) in [5.74, 6) is -1.24. The summed E-state index contributed by atoms with van der Waals surface area (Å²) in [6.45, 7) is 17.1. The highest BCUT2D eigenvalue weighted by Gasteiger charge is 2.41. The van der Waals surface area contributed by atoms with E-state index in [4.69, 9.17) is 13.9 Å². The molecule has 1 aliphatic rings. The lowest BCUT2D eigenvalue weighted by molar-refractivity contribution is -0.157. The molecule has 0 aromatic rings. The zero-order chi connectivity index (χ0) is 25.6. The standard InChI is InChI=1S/C25H42O7Si/c1-17-10-11-21(30-19(3)27)25(7,29)14-12-20(32-33(8,9)24(4,5)6)16-22(28)31-23(17)18(2)13-15-26/h10-11,13,15,17,20-21,23,29H,12,14,16H2,1-9H3/t17-,20+,21-,23-,25+/m0/s1. The fourth-order valence-corrected chi connectivity index (χ4v) is 4.90. The molecule has 0 bridgehead atoms. The van der Waals surface area contributed by atoms with Gasteiger partial charge in [-0.25, -0.2) is 0 Å².